The SMILES string of the molecule is Cc1nc2c(c(N[C@H](C)c3cc([N+](=O)[O-])cc(C(F)(F)F)c3)n1)CNC2. The average molecular weight is 367 g/mol. The van der Waals surface area contributed by atoms with Crippen LogP contribution < -0.4 is 10.6 Å². The lowest BCUT2D eigenvalue weighted by molar-refractivity contribution is -0.385. The summed E-state index contributed by atoms with van der Waals surface area (Å²) in [6, 6.07) is 1.97. The topological polar surface area (TPSA) is 93.0 Å². The molecule has 2 heterocycles. The Morgan fingerprint density at radius 3 is 2.65 bits per heavy atom. The summed E-state index contributed by atoms with van der Waals surface area (Å²) >= 11 is 0. The van der Waals surface area contributed by atoms with Gasteiger partial charge in [0, 0.05) is 30.8 Å². The van der Waals surface area contributed by atoms with E-state index in [2.05, 4.69) is 20.6 Å². The number of nitrogens with zero attached hydrogens (tertiary/aromatic N) is 3. The number of anilines is 1. The molecule has 1 aliphatic rings. The van der Waals surface area contributed by atoms with Gasteiger partial charge in [0.2, 0.25) is 0 Å². The molecule has 1 aromatic carbocycles. The molecule has 0 saturated heterocycles. The molecule has 0 unspecified atom stereocenters. The highest BCUT2D eigenvalue weighted by molar-refractivity contribution is 5.51. The normalized spacial score (nSPS) is 14.8. The van der Waals surface area contributed by atoms with Gasteiger partial charge in [-0.2, -0.15) is 13.2 Å². The largest absolute Gasteiger partial charge is 0.416 e. The molecule has 7 nitrogen and oxygen atoms in total. The summed E-state index contributed by atoms with van der Waals surface area (Å²) in [7, 11) is 0. The third-order valence-corrected chi connectivity index (χ3v) is 4.13. The number of nitrogens with one attached hydrogen (secondary N) is 2. The number of alkyl halides is 3. The molecule has 1 aromatic heterocycles. The standard InChI is InChI=1S/C16H16F3N5O2/c1-8(21-15-13-6-20-7-14(13)22-9(2)23-15)10-3-11(16(17,18)19)5-12(4-10)24(25)26/h3-5,8,20H,6-7H2,1-2H3,(H,21,22,23)/t8-/m1/s1. The molecule has 138 valence electrons. The van der Waals surface area contributed by atoms with Gasteiger partial charge >= 0.3 is 6.18 Å². The summed E-state index contributed by atoms with van der Waals surface area (Å²) in [6.45, 7) is 4.50. The lowest BCUT2D eigenvalue weighted by Crippen LogP contribution is -2.14. The fraction of sp³-hybridized carbons (Fsp3) is 0.375. The Bertz CT molecular complexity index is 870. The van der Waals surface area contributed by atoms with Gasteiger partial charge in [-0.3, -0.25) is 10.1 Å². The van der Waals surface area contributed by atoms with Crippen LogP contribution in [-0.2, 0) is 19.3 Å². The average Bonchev–Trinajstić information content (AvgIpc) is 3.01. The first-order chi connectivity index (χ1) is 12.1. The number of rotatable bonds is 4. The van der Waals surface area contributed by atoms with E-state index in [1.165, 1.54) is 0 Å². The molecule has 0 spiro atoms. The molecule has 1 aliphatic heterocycles. The summed E-state index contributed by atoms with van der Waals surface area (Å²) in [6.07, 6.45) is -4.67. The second kappa shape index (κ2) is 6.52. The second-order valence-corrected chi connectivity index (χ2v) is 6.08. The molecule has 10 heteroatoms. The van der Waals surface area contributed by atoms with Crippen molar-refractivity contribution in [2.45, 2.75) is 39.2 Å². The van der Waals surface area contributed by atoms with Crippen LogP contribution in [0.5, 0.6) is 0 Å². The second-order valence-electron chi connectivity index (χ2n) is 6.08. The molecule has 0 bridgehead atoms. The van der Waals surface area contributed by atoms with Gasteiger partial charge in [-0.15, -0.1) is 0 Å². The van der Waals surface area contributed by atoms with Crippen molar-refractivity contribution in [3.8, 4) is 0 Å². The molecule has 0 fully saturated rings. The van der Waals surface area contributed by atoms with Crippen LogP contribution in [0, 0.1) is 17.0 Å². The van der Waals surface area contributed by atoms with Crippen LogP contribution in [0.4, 0.5) is 24.7 Å². The van der Waals surface area contributed by atoms with Gasteiger partial charge in [0.15, 0.2) is 0 Å². The Balaban J connectivity index is 1.97. The molecule has 2 aromatic rings. The van der Waals surface area contributed by atoms with Crippen molar-refractivity contribution in [3.63, 3.8) is 0 Å². The van der Waals surface area contributed by atoms with Crippen LogP contribution in [0.3, 0.4) is 0 Å². The van der Waals surface area contributed by atoms with E-state index in [9.17, 15) is 23.3 Å². The first-order valence-corrected chi connectivity index (χ1v) is 7.85. The predicted molar refractivity (Wildman–Crippen MR) is 87.4 cm³/mol. The Hall–Kier alpha value is -2.75. The van der Waals surface area contributed by atoms with Gasteiger partial charge in [0.1, 0.15) is 11.6 Å². The van der Waals surface area contributed by atoms with E-state index < -0.39 is 28.4 Å². The van der Waals surface area contributed by atoms with Gasteiger partial charge in [0.25, 0.3) is 5.69 Å². The van der Waals surface area contributed by atoms with E-state index >= 15 is 0 Å². The number of aryl methyl sites for hydroxylation is 1. The zero-order valence-corrected chi connectivity index (χ0v) is 14.0. The molecule has 3 rings (SSSR count). The fourth-order valence-electron chi connectivity index (χ4n) is 2.85. The zero-order chi connectivity index (χ0) is 19.1. The van der Waals surface area contributed by atoms with E-state index in [4.69, 9.17) is 0 Å². The van der Waals surface area contributed by atoms with Crippen LogP contribution in [0.15, 0.2) is 18.2 Å². The Morgan fingerprint density at radius 2 is 2.00 bits per heavy atom. The summed E-state index contributed by atoms with van der Waals surface area (Å²) < 4.78 is 39.2. The van der Waals surface area contributed by atoms with E-state index in [0.29, 0.717) is 30.8 Å². The summed E-state index contributed by atoms with van der Waals surface area (Å²) in [5.41, 5.74) is 0.184. The van der Waals surface area contributed by atoms with Crippen molar-refractivity contribution in [1.82, 2.24) is 15.3 Å². The summed E-state index contributed by atoms with van der Waals surface area (Å²) in [5, 5.41) is 17.2. The number of aromatic nitrogens is 2. The molecule has 0 radical (unpaired) electrons. The highest BCUT2D eigenvalue weighted by Gasteiger charge is 2.33. The lowest BCUT2D eigenvalue weighted by Gasteiger charge is -2.18. The van der Waals surface area contributed by atoms with Crippen molar-refractivity contribution in [3.05, 3.63) is 56.5 Å². The van der Waals surface area contributed by atoms with E-state index in [1.54, 1.807) is 13.8 Å². The minimum atomic E-state index is -4.67. The molecular weight excluding hydrogens is 351 g/mol. The lowest BCUT2D eigenvalue weighted by atomic mass is 10.0. The van der Waals surface area contributed by atoms with Crippen molar-refractivity contribution in [2.24, 2.45) is 0 Å². The minimum absolute atomic E-state index is 0.155. The number of nitro groups is 1. The van der Waals surface area contributed by atoms with Gasteiger partial charge in [-0.1, -0.05) is 0 Å². The van der Waals surface area contributed by atoms with Gasteiger partial charge in [0.05, 0.1) is 22.2 Å². The van der Waals surface area contributed by atoms with Crippen LogP contribution in [0.2, 0.25) is 0 Å². The quantitative estimate of drug-likeness (QED) is 0.635. The van der Waals surface area contributed by atoms with Gasteiger partial charge in [-0.05, 0) is 25.5 Å². The number of fused-ring (bicyclic) bond motifs is 1. The maximum absolute atomic E-state index is 13.1. The minimum Gasteiger partial charge on any atom is -0.363 e. The number of benzene rings is 1. The molecule has 0 amide bonds. The molecule has 0 aliphatic carbocycles. The molecular formula is C16H16F3N5O2. The van der Waals surface area contributed by atoms with Crippen LogP contribution in [0.1, 0.15) is 41.2 Å². The number of hydrogen-bond acceptors (Lipinski definition) is 6. The predicted octanol–water partition coefficient (Wildman–Crippen LogP) is 3.49. The van der Waals surface area contributed by atoms with E-state index in [0.717, 1.165) is 23.4 Å². The van der Waals surface area contributed by atoms with Crippen molar-refractivity contribution >= 4 is 11.5 Å². The first kappa shape index (κ1) is 18.1. The maximum atomic E-state index is 13.1. The number of nitro benzene ring substituents is 1. The highest BCUT2D eigenvalue weighted by atomic mass is 19.4. The Kier molecular flexibility index (Phi) is 4.53. The number of non-ortho nitro benzene ring substituents is 1. The zero-order valence-electron chi connectivity index (χ0n) is 14.0. The molecule has 1 atom stereocenters. The van der Waals surface area contributed by atoms with E-state index in [1.807, 2.05) is 0 Å². The summed E-state index contributed by atoms with van der Waals surface area (Å²) in [5.74, 6) is 1.06. The Morgan fingerprint density at radius 1 is 1.27 bits per heavy atom. The monoisotopic (exact) mass is 367 g/mol. The molecule has 0 saturated carbocycles. The van der Waals surface area contributed by atoms with Crippen molar-refractivity contribution < 1.29 is 18.1 Å². The maximum Gasteiger partial charge on any atom is 0.416 e. The third kappa shape index (κ3) is 3.59. The van der Waals surface area contributed by atoms with Crippen LogP contribution >= 0.6 is 0 Å². The van der Waals surface area contributed by atoms with Gasteiger partial charge in [-0.25, -0.2) is 9.97 Å². The van der Waals surface area contributed by atoms with E-state index in [-0.39, 0.29) is 5.56 Å². The number of halogens is 3. The third-order valence-electron chi connectivity index (χ3n) is 4.13. The highest BCUT2D eigenvalue weighted by Crippen LogP contribution is 2.35. The summed E-state index contributed by atoms with van der Waals surface area (Å²) in [4.78, 5) is 18.8. The van der Waals surface area contributed by atoms with Gasteiger partial charge < -0.3 is 10.6 Å². The molecule has 26 heavy (non-hydrogen) atoms. The van der Waals surface area contributed by atoms with Crippen LogP contribution in [0.25, 0.3) is 0 Å². The fourth-order valence-corrected chi connectivity index (χ4v) is 2.85. The first-order valence-electron chi connectivity index (χ1n) is 7.85. The number of hydrogen-bond donors (Lipinski definition) is 2. The van der Waals surface area contributed by atoms with Crippen molar-refractivity contribution in [1.29, 1.82) is 0 Å². The van der Waals surface area contributed by atoms with Crippen LogP contribution in [-0.4, -0.2) is 14.9 Å². The van der Waals surface area contributed by atoms with Crippen molar-refractivity contribution in [2.75, 3.05) is 5.32 Å². The molecule has 2 N–H and O–H groups in total. The Labute approximate surface area is 146 Å². The smallest absolute Gasteiger partial charge is 0.363 e.